The number of benzene rings is 2. The van der Waals surface area contributed by atoms with Crippen molar-refractivity contribution in [2.24, 2.45) is 4.99 Å². The normalized spacial score (nSPS) is 16.4. The smallest absolute Gasteiger partial charge is 0.251 e. The number of hydrogen-bond donors (Lipinski definition) is 2. The summed E-state index contributed by atoms with van der Waals surface area (Å²) in [6.07, 6.45) is 6.85. The third-order valence-electron chi connectivity index (χ3n) is 6.33. The second-order valence-corrected chi connectivity index (χ2v) is 8.27. The maximum atomic E-state index is 11.9. The zero-order valence-corrected chi connectivity index (χ0v) is 17.1. The number of rotatable bonds is 3. The summed E-state index contributed by atoms with van der Waals surface area (Å²) in [5.74, 6) is 0.0230. The minimum Gasteiger partial charge on any atom is -0.353 e. The molecule has 0 spiro atoms. The molecule has 2 aliphatic rings. The topological polar surface area (TPSA) is 70.1 Å². The molecule has 1 aliphatic heterocycles. The molecule has 0 saturated heterocycles. The molecule has 2 aromatic carbocycles. The molecule has 0 bridgehead atoms. The van der Waals surface area contributed by atoms with Gasteiger partial charge in [-0.05, 0) is 77.4 Å². The van der Waals surface area contributed by atoms with E-state index < -0.39 is 0 Å². The van der Waals surface area contributed by atoms with E-state index in [9.17, 15) is 4.79 Å². The van der Waals surface area contributed by atoms with Crippen LogP contribution < -0.4 is 5.32 Å². The van der Waals surface area contributed by atoms with Crippen LogP contribution in [0.2, 0.25) is 0 Å². The van der Waals surface area contributed by atoms with Crippen LogP contribution in [0, 0.1) is 0 Å². The summed E-state index contributed by atoms with van der Waals surface area (Å²) >= 11 is 0. The number of fused-ring (bicyclic) bond motifs is 4. The third-order valence-corrected chi connectivity index (χ3v) is 6.33. The van der Waals surface area contributed by atoms with E-state index in [0.717, 1.165) is 52.7 Å². The van der Waals surface area contributed by atoms with Crippen molar-refractivity contribution in [3.8, 4) is 11.1 Å². The average molecular weight is 406 g/mol. The number of nitrogens with one attached hydrogen (secondary N) is 2. The van der Waals surface area contributed by atoms with E-state index in [1.165, 1.54) is 22.2 Å². The van der Waals surface area contributed by atoms with Crippen molar-refractivity contribution in [2.75, 3.05) is 0 Å². The number of carbonyl (C=O) groups is 1. The van der Waals surface area contributed by atoms with Gasteiger partial charge < -0.3 is 10.3 Å². The van der Waals surface area contributed by atoms with Crippen molar-refractivity contribution in [1.82, 2.24) is 15.3 Å². The lowest BCUT2D eigenvalue weighted by Gasteiger charge is -2.14. The van der Waals surface area contributed by atoms with Crippen LogP contribution >= 0.6 is 0 Å². The van der Waals surface area contributed by atoms with Crippen LogP contribution in [0.3, 0.4) is 0 Å². The average Bonchev–Trinajstić information content (AvgIpc) is 3.38. The quantitative estimate of drug-likeness (QED) is 0.513. The Morgan fingerprint density at radius 1 is 1.03 bits per heavy atom. The summed E-state index contributed by atoms with van der Waals surface area (Å²) < 4.78 is 0. The first-order chi connectivity index (χ1) is 15.3. The maximum absolute atomic E-state index is 11.9. The van der Waals surface area contributed by atoms with Gasteiger partial charge in [0.15, 0.2) is 0 Å². The fourth-order valence-corrected chi connectivity index (χ4v) is 4.74. The Morgan fingerprint density at radius 3 is 2.84 bits per heavy atom. The molecule has 152 valence electrons. The number of pyridine rings is 1. The second kappa shape index (κ2) is 7.20. The predicted octanol–water partition coefficient (Wildman–Crippen LogP) is 4.80. The van der Waals surface area contributed by atoms with Gasteiger partial charge in [-0.25, -0.2) is 0 Å². The van der Waals surface area contributed by atoms with E-state index in [2.05, 4.69) is 45.6 Å². The molecule has 5 heteroatoms. The number of nitrogens with zero attached hydrogens (tertiary/aromatic N) is 2. The number of aromatic nitrogens is 2. The highest BCUT2D eigenvalue weighted by molar-refractivity contribution is 6.07. The van der Waals surface area contributed by atoms with Crippen LogP contribution in [-0.4, -0.2) is 21.6 Å². The van der Waals surface area contributed by atoms with Crippen molar-refractivity contribution in [3.05, 3.63) is 88.9 Å². The summed E-state index contributed by atoms with van der Waals surface area (Å²) in [6, 6.07) is 16.7. The van der Waals surface area contributed by atoms with Crippen LogP contribution in [0.5, 0.6) is 0 Å². The highest BCUT2D eigenvalue weighted by Gasteiger charge is 2.22. The number of amides is 1. The fourth-order valence-electron chi connectivity index (χ4n) is 4.74. The lowest BCUT2D eigenvalue weighted by molar-refractivity contribution is 0.0966. The standard InChI is InChI=1S/C26H22N4O/c31-26-20-8-6-17(11-19(20)15-29-26)18-7-9-23-22(12-18)21-4-1-5-24(25(21)30-23)28-14-16-3-2-10-27-13-16/h2-3,6-13,30H,1,4-5,14-15H2,(H,29,31)/b28-24+. The van der Waals surface area contributed by atoms with Gasteiger partial charge in [-0.3, -0.25) is 14.8 Å². The van der Waals surface area contributed by atoms with E-state index in [-0.39, 0.29) is 5.91 Å². The molecule has 0 radical (unpaired) electrons. The predicted molar refractivity (Wildman–Crippen MR) is 122 cm³/mol. The highest BCUT2D eigenvalue weighted by Crippen LogP contribution is 2.33. The Hall–Kier alpha value is -3.73. The molecule has 1 amide bonds. The molecule has 0 saturated carbocycles. The molecule has 2 N–H and O–H groups in total. The van der Waals surface area contributed by atoms with E-state index in [1.54, 1.807) is 6.20 Å². The largest absolute Gasteiger partial charge is 0.353 e. The number of H-pyrrole nitrogens is 1. The van der Waals surface area contributed by atoms with E-state index in [1.807, 2.05) is 24.4 Å². The van der Waals surface area contributed by atoms with Crippen molar-refractivity contribution < 1.29 is 4.79 Å². The first-order valence-corrected chi connectivity index (χ1v) is 10.7. The van der Waals surface area contributed by atoms with Crippen molar-refractivity contribution in [1.29, 1.82) is 0 Å². The van der Waals surface area contributed by atoms with Gasteiger partial charge in [0.2, 0.25) is 0 Å². The van der Waals surface area contributed by atoms with E-state index in [0.29, 0.717) is 13.1 Å². The van der Waals surface area contributed by atoms with E-state index in [4.69, 9.17) is 4.99 Å². The molecule has 0 unspecified atom stereocenters. The first kappa shape index (κ1) is 18.1. The van der Waals surface area contributed by atoms with Crippen LogP contribution in [0.25, 0.3) is 22.0 Å². The fraction of sp³-hybridized carbons (Fsp3) is 0.192. The Kier molecular flexibility index (Phi) is 4.20. The summed E-state index contributed by atoms with van der Waals surface area (Å²) in [6.45, 7) is 1.27. The highest BCUT2D eigenvalue weighted by atomic mass is 16.1. The molecule has 1 aliphatic carbocycles. The first-order valence-electron chi connectivity index (χ1n) is 10.7. The Bertz CT molecular complexity index is 1350. The van der Waals surface area contributed by atoms with Gasteiger partial charge in [0.1, 0.15) is 0 Å². The van der Waals surface area contributed by atoms with Crippen LogP contribution in [0.15, 0.2) is 65.9 Å². The molecule has 6 rings (SSSR count). The molecule has 0 fully saturated rings. The minimum atomic E-state index is 0.0230. The van der Waals surface area contributed by atoms with Gasteiger partial charge in [0.25, 0.3) is 5.91 Å². The lowest BCUT2D eigenvalue weighted by Crippen LogP contribution is -2.12. The lowest BCUT2D eigenvalue weighted by atomic mass is 9.92. The molecule has 0 atom stereocenters. The number of aliphatic imine (C=N–C) groups is 1. The number of aromatic amines is 1. The minimum absolute atomic E-state index is 0.0230. The summed E-state index contributed by atoms with van der Waals surface area (Å²) in [5, 5.41) is 4.17. The van der Waals surface area contributed by atoms with Gasteiger partial charge in [-0.2, -0.15) is 0 Å². The van der Waals surface area contributed by atoms with Gasteiger partial charge in [-0.1, -0.05) is 18.2 Å². The van der Waals surface area contributed by atoms with Crippen molar-refractivity contribution in [3.63, 3.8) is 0 Å². The van der Waals surface area contributed by atoms with Gasteiger partial charge in [0, 0.05) is 35.4 Å². The van der Waals surface area contributed by atoms with Crippen LogP contribution in [-0.2, 0) is 19.5 Å². The van der Waals surface area contributed by atoms with Gasteiger partial charge >= 0.3 is 0 Å². The number of hydrogen-bond acceptors (Lipinski definition) is 3. The molecule has 3 heterocycles. The monoisotopic (exact) mass is 406 g/mol. The molecular weight excluding hydrogens is 384 g/mol. The Balaban J connectivity index is 1.38. The molecule has 2 aromatic heterocycles. The summed E-state index contributed by atoms with van der Waals surface area (Å²) in [4.78, 5) is 24.6. The third kappa shape index (κ3) is 3.13. The van der Waals surface area contributed by atoms with Crippen LogP contribution in [0.4, 0.5) is 0 Å². The van der Waals surface area contributed by atoms with E-state index >= 15 is 0 Å². The Morgan fingerprint density at radius 2 is 1.94 bits per heavy atom. The molecule has 4 aromatic rings. The molecular formula is C26H22N4O. The molecule has 31 heavy (non-hydrogen) atoms. The summed E-state index contributed by atoms with van der Waals surface area (Å²) in [5.41, 5.74) is 10.2. The second-order valence-electron chi connectivity index (χ2n) is 8.27. The Labute approximate surface area is 180 Å². The van der Waals surface area contributed by atoms with Crippen LogP contribution in [0.1, 0.15) is 45.6 Å². The summed E-state index contributed by atoms with van der Waals surface area (Å²) in [7, 11) is 0. The van der Waals surface area contributed by atoms with Gasteiger partial charge in [-0.15, -0.1) is 0 Å². The van der Waals surface area contributed by atoms with Crippen molar-refractivity contribution in [2.45, 2.75) is 32.4 Å². The zero-order chi connectivity index (χ0) is 20.8. The van der Waals surface area contributed by atoms with Gasteiger partial charge in [0.05, 0.1) is 18.0 Å². The molecule has 5 nitrogen and oxygen atoms in total. The maximum Gasteiger partial charge on any atom is 0.251 e. The zero-order valence-electron chi connectivity index (χ0n) is 17.1. The number of carbonyl (C=O) groups excluding carboxylic acids is 1. The number of aryl methyl sites for hydroxylation is 1. The van der Waals surface area contributed by atoms with Crippen molar-refractivity contribution >= 4 is 22.5 Å². The SMILES string of the molecule is O=C1NCc2cc(-c3ccc4[nH]c5c(c4c3)CCC/C5=N\Cc3cccnc3)ccc21.